The molecule has 1 atom stereocenters. The molecule has 0 radical (unpaired) electrons. The molecule has 0 saturated heterocycles. The smallest absolute Gasteiger partial charge is 0.0348 e. The largest absolute Gasteiger partial charge is 0.0795 e. The van der Waals surface area contributed by atoms with E-state index in [1.54, 1.807) is 16.7 Å². The van der Waals surface area contributed by atoms with Gasteiger partial charge in [0.25, 0.3) is 0 Å². The summed E-state index contributed by atoms with van der Waals surface area (Å²) in [6.07, 6.45) is 20.7. The van der Waals surface area contributed by atoms with Crippen LogP contribution in [0.4, 0.5) is 0 Å². The molecule has 1 unspecified atom stereocenters. The van der Waals surface area contributed by atoms with Gasteiger partial charge in [-0.1, -0.05) is 69.4 Å². The van der Waals surface area contributed by atoms with Crippen molar-refractivity contribution in [3.8, 4) is 0 Å². The molecule has 0 aromatic carbocycles. The Hall–Kier alpha value is -1.82. The van der Waals surface area contributed by atoms with Gasteiger partial charge in [0, 0.05) is 5.92 Å². The van der Waals surface area contributed by atoms with Gasteiger partial charge in [0.15, 0.2) is 0 Å². The molecule has 0 aromatic heterocycles. The minimum Gasteiger partial charge on any atom is -0.0795 e. The lowest BCUT2D eigenvalue weighted by Gasteiger charge is -2.38. The fourth-order valence-corrected chi connectivity index (χ4v) is 3.94. The van der Waals surface area contributed by atoms with E-state index < -0.39 is 0 Å². The Bertz CT molecular complexity index is 718. The van der Waals surface area contributed by atoms with E-state index in [0.717, 1.165) is 12.8 Å². The van der Waals surface area contributed by atoms with E-state index in [9.17, 15) is 0 Å². The molecule has 0 heteroatoms. The van der Waals surface area contributed by atoms with Crippen LogP contribution in [-0.2, 0) is 0 Å². The lowest BCUT2D eigenvalue weighted by atomic mass is 9.66. The van der Waals surface area contributed by atoms with Crippen molar-refractivity contribution >= 4 is 0 Å². The second-order valence-corrected chi connectivity index (χ2v) is 7.65. The lowest BCUT2D eigenvalue weighted by molar-refractivity contribution is 0.410. The number of allylic oxidation sites excluding steroid dienone is 14. The number of hydrogen-bond donors (Lipinski definition) is 0. The summed E-state index contributed by atoms with van der Waals surface area (Å²) >= 11 is 0. The quantitative estimate of drug-likeness (QED) is 0.584. The van der Waals surface area contributed by atoms with E-state index in [0.29, 0.717) is 11.3 Å². The molecule has 0 amide bonds. The topological polar surface area (TPSA) is 0 Å². The van der Waals surface area contributed by atoms with Gasteiger partial charge in [0.1, 0.15) is 0 Å². The summed E-state index contributed by atoms with van der Waals surface area (Å²) < 4.78 is 0. The summed E-state index contributed by atoms with van der Waals surface area (Å²) in [6.45, 7) is 7.01. The molecule has 0 fully saturated rings. The summed E-state index contributed by atoms with van der Waals surface area (Å²) in [5, 5.41) is 0. The fraction of sp³-hybridized carbons (Fsp3) is 0.333. The normalized spacial score (nSPS) is 26.0. The second-order valence-electron chi connectivity index (χ2n) is 7.65. The van der Waals surface area contributed by atoms with Gasteiger partial charge in [-0.25, -0.2) is 0 Å². The van der Waals surface area contributed by atoms with Crippen molar-refractivity contribution in [3.05, 3.63) is 82.0 Å². The van der Waals surface area contributed by atoms with Gasteiger partial charge in [0.05, 0.1) is 0 Å². The molecule has 0 aliphatic heterocycles. The van der Waals surface area contributed by atoms with Gasteiger partial charge in [-0.3, -0.25) is 0 Å². The molecule has 0 nitrogen and oxygen atoms in total. The first kappa shape index (κ1) is 12.9. The first-order valence-electron chi connectivity index (χ1n) is 7.94. The predicted octanol–water partition coefficient (Wildman–Crippen LogP) is 5.60. The van der Waals surface area contributed by atoms with Gasteiger partial charge in [0.2, 0.25) is 0 Å². The monoisotopic (exact) mass is 274 g/mol. The van der Waals surface area contributed by atoms with Gasteiger partial charge < -0.3 is 0 Å². The zero-order valence-corrected chi connectivity index (χ0v) is 13.1. The Morgan fingerprint density at radius 2 is 1.90 bits per heavy atom. The SMILES string of the molecule is CC(C)(C)CC1=CC2=CC=CC3=CC=C4C=CCC1=C4C32. The number of hydrogen-bond acceptors (Lipinski definition) is 0. The van der Waals surface area contributed by atoms with E-state index in [4.69, 9.17) is 0 Å². The van der Waals surface area contributed by atoms with Crippen LogP contribution in [0.2, 0.25) is 0 Å². The summed E-state index contributed by atoms with van der Waals surface area (Å²) in [5.41, 5.74) is 9.38. The van der Waals surface area contributed by atoms with E-state index >= 15 is 0 Å². The molecule has 4 aliphatic carbocycles. The Labute approximate surface area is 127 Å². The third-order valence-electron chi connectivity index (χ3n) is 4.69. The lowest BCUT2D eigenvalue weighted by Crippen LogP contribution is -2.23. The molecule has 21 heavy (non-hydrogen) atoms. The van der Waals surface area contributed by atoms with Crippen LogP contribution in [0.1, 0.15) is 33.6 Å². The summed E-state index contributed by atoms with van der Waals surface area (Å²) in [4.78, 5) is 0. The minimum atomic E-state index is 0.329. The second kappa shape index (κ2) is 4.34. The highest BCUT2D eigenvalue weighted by Gasteiger charge is 2.35. The van der Waals surface area contributed by atoms with Crippen molar-refractivity contribution < 1.29 is 0 Å². The van der Waals surface area contributed by atoms with Crippen molar-refractivity contribution in [2.45, 2.75) is 33.6 Å². The minimum absolute atomic E-state index is 0.329. The van der Waals surface area contributed by atoms with Crippen molar-refractivity contribution in [1.29, 1.82) is 0 Å². The van der Waals surface area contributed by atoms with Crippen LogP contribution >= 0.6 is 0 Å². The van der Waals surface area contributed by atoms with Crippen LogP contribution in [0.5, 0.6) is 0 Å². The highest BCUT2D eigenvalue weighted by Crippen LogP contribution is 2.50. The first-order valence-corrected chi connectivity index (χ1v) is 7.94. The van der Waals surface area contributed by atoms with Gasteiger partial charge in [-0.2, -0.15) is 0 Å². The summed E-state index contributed by atoms with van der Waals surface area (Å²) in [6, 6.07) is 0. The molecule has 4 aliphatic rings. The molecular formula is C21H22. The molecule has 0 heterocycles. The summed E-state index contributed by atoms with van der Waals surface area (Å²) in [5.74, 6) is 0.485. The zero-order valence-electron chi connectivity index (χ0n) is 13.1. The van der Waals surface area contributed by atoms with Crippen molar-refractivity contribution in [2.24, 2.45) is 11.3 Å². The van der Waals surface area contributed by atoms with Crippen LogP contribution in [0.15, 0.2) is 82.0 Å². The molecule has 4 rings (SSSR count). The molecule has 0 bridgehead atoms. The zero-order chi connectivity index (χ0) is 14.6. The van der Waals surface area contributed by atoms with Crippen LogP contribution < -0.4 is 0 Å². The van der Waals surface area contributed by atoms with Crippen molar-refractivity contribution in [3.63, 3.8) is 0 Å². The molecule has 0 saturated carbocycles. The van der Waals surface area contributed by atoms with E-state index in [2.05, 4.69) is 69.4 Å². The average Bonchev–Trinajstić information content (AvgIpc) is 2.44. The Kier molecular flexibility index (Phi) is 2.66. The van der Waals surface area contributed by atoms with Crippen molar-refractivity contribution in [2.75, 3.05) is 0 Å². The molecular weight excluding hydrogens is 252 g/mol. The van der Waals surface area contributed by atoms with Crippen LogP contribution in [0, 0.1) is 11.3 Å². The summed E-state index contributed by atoms with van der Waals surface area (Å²) in [7, 11) is 0. The fourth-order valence-electron chi connectivity index (χ4n) is 3.94. The van der Waals surface area contributed by atoms with E-state index in [-0.39, 0.29) is 0 Å². The Morgan fingerprint density at radius 3 is 2.71 bits per heavy atom. The maximum absolute atomic E-state index is 2.47. The molecule has 0 aromatic rings. The predicted molar refractivity (Wildman–Crippen MR) is 89.8 cm³/mol. The maximum Gasteiger partial charge on any atom is 0.0348 e. The van der Waals surface area contributed by atoms with Crippen LogP contribution in [0.25, 0.3) is 0 Å². The van der Waals surface area contributed by atoms with Gasteiger partial charge in [-0.05, 0) is 51.7 Å². The first-order chi connectivity index (χ1) is 10.0. The highest BCUT2D eigenvalue weighted by molar-refractivity contribution is 5.69. The van der Waals surface area contributed by atoms with E-state index in [1.165, 1.54) is 16.7 Å². The molecule has 0 N–H and O–H groups in total. The standard InChI is InChI=1S/C21H22/c1-21(2,3)13-17-12-16-8-4-6-14-10-11-15-7-5-9-18(17)20(15)19(14)16/h4-8,10-12,19H,9,13H2,1-3H3. The molecule has 106 valence electrons. The number of rotatable bonds is 1. The maximum atomic E-state index is 2.47. The third kappa shape index (κ3) is 2.05. The average molecular weight is 274 g/mol. The Balaban J connectivity index is 1.90. The highest BCUT2D eigenvalue weighted by atomic mass is 14.4. The van der Waals surface area contributed by atoms with E-state index in [1.807, 2.05) is 0 Å². The van der Waals surface area contributed by atoms with Crippen LogP contribution in [-0.4, -0.2) is 0 Å². The van der Waals surface area contributed by atoms with Gasteiger partial charge in [-0.15, -0.1) is 0 Å². The third-order valence-corrected chi connectivity index (χ3v) is 4.69. The van der Waals surface area contributed by atoms with Crippen LogP contribution in [0.3, 0.4) is 0 Å². The molecule has 0 spiro atoms. The van der Waals surface area contributed by atoms with Gasteiger partial charge >= 0.3 is 0 Å². The van der Waals surface area contributed by atoms with Crippen molar-refractivity contribution in [1.82, 2.24) is 0 Å². The Morgan fingerprint density at radius 1 is 1.05 bits per heavy atom.